The SMILES string of the molecule is CN(C)C(=O)C1CCCN(CC(=O)Nc2cccc(S(=O)(=O)NC3=NCCC3)c2)C1. The van der Waals surface area contributed by atoms with Gasteiger partial charge in [-0.2, -0.15) is 0 Å². The zero-order valence-electron chi connectivity index (χ0n) is 17.4. The van der Waals surface area contributed by atoms with Crippen molar-refractivity contribution in [3.05, 3.63) is 24.3 Å². The Balaban J connectivity index is 1.59. The molecule has 0 aliphatic carbocycles. The highest BCUT2D eigenvalue weighted by Gasteiger charge is 2.28. The fourth-order valence-corrected chi connectivity index (χ4v) is 4.88. The first kappa shape index (κ1) is 22.2. The number of sulfonamides is 1. The molecule has 2 aliphatic heterocycles. The van der Waals surface area contributed by atoms with E-state index in [1.165, 1.54) is 12.1 Å². The molecule has 0 saturated carbocycles. The quantitative estimate of drug-likeness (QED) is 0.690. The van der Waals surface area contributed by atoms with Crippen LogP contribution in [0.25, 0.3) is 0 Å². The summed E-state index contributed by atoms with van der Waals surface area (Å²) in [5, 5.41) is 2.76. The maximum Gasteiger partial charge on any atom is 0.262 e. The molecule has 0 radical (unpaired) electrons. The van der Waals surface area contributed by atoms with Crippen molar-refractivity contribution in [2.75, 3.05) is 45.6 Å². The fourth-order valence-electron chi connectivity index (χ4n) is 3.75. The Bertz CT molecular complexity index is 929. The molecule has 1 atom stereocenters. The summed E-state index contributed by atoms with van der Waals surface area (Å²) < 4.78 is 27.6. The number of piperidine rings is 1. The molecular weight excluding hydrogens is 406 g/mol. The van der Waals surface area contributed by atoms with Gasteiger partial charge in [-0.1, -0.05) is 6.07 Å². The standard InChI is InChI=1S/C20H29N5O4S/c1-24(2)20(27)15-6-5-11-25(13-15)14-19(26)22-16-7-3-8-17(12-16)30(28,29)23-18-9-4-10-21-18/h3,7-8,12,15H,4-6,9-11,13-14H2,1-2H3,(H,21,23)(H,22,26). The number of rotatable bonds is 6. The van der Waals surface area contributed by atoms with Crippen molar-refractivity contribution >= 4 is 33.4 Å². The van der Waals surface area contributed by atoms with Gasteiger partial charge in [0.25, 0.3) is 10.0 Å². The molecule has 1 saturated heterocycles. The first-order valence-electron chi connectivity index (χ1n) is 10.1. The number of likely N-dealkylation sites (tertiary alicyclic amines) is 1. The van der Waals surface area contributed by atoms with E-state index in [2.05, 4.69) is 15.0 Å². The summed E-state index contributed by atoms with van der Waals surface area (Å²) >= 11 is 0. The predicted octanol–water partition coefficient (Wildman–Crippen LogP) is 0.896. The number of nitrogens with zero attached hydrogens (tertiary/aromatic N) is 3. The molecule has 1 aromatic rings. The molecule has 9 nitrogen and oxygen atoms in total. The topological polar surface area (TPSA) is 111 Å². The maximum absolute atomic E-state index is 12.5. The molecule has 0 aromatic heterocycles. The average molecular weight is 436 g/mol. The van der Waals surface area contributed by atoms with E-state index < -0.39 is 10.0 Å². The number of aliphatic imine (C=N–C) groups is 1. The minimum atomic E-state index is -3.74. The van der Waals surface area contributed by atoms with Crippen LogP contribution in [-0.4, -0.2) is 76.1 Å². The predicted molar refractivity (Wildman–Crippen MR) is 115 cm³/mol. The Morgan fingerprint density at radius 2 is 2.07 bits per heavy atom. The zero-order chi connectivity index (χ0) is 21.7. The van der Waals surface area contributed by atoms with E-state index in [1.54, 1.807) is 31.1 Å². The van der Waals surface area contributed by atoms with Crippen LogP contribution in [0.4, 0.5) is 5.69 Å². The van der Waals surface area contributed by atoms with E-state index in [9.17, 15) is 18.0 Å². The lowest BCUT2D eigenvalue weighted by atomic mass is 9.97. The molecule has 1 unspecified atom stereocenters. The van der Waals surface area contributed by atoms with E-state index in [1.807, 2.05) is 4.90 Å². The minimum absolute atomic E-state index is 0.0736. The maximum atomic E-state index is 12.5. The highest BCUT2D eigenvalue weighted by molar-refractivity contribution is 7.90. The summed E-state index contributed by atoms with van der Waals surface area (Å²) in [4.78, 5) is 32.5. The minimum Gasteiger partial charge on any atom is -0.349 e. The van der Waals surface area contributed by atoms with Gasteiger partial charge >= 0.3 is 0 Å². The first-order valence-corrected chi connectivity index (χ1v) is 11.6. The van der Waals surface area contributed by atoms with Gasteiger partial charge in [0.2, 0.25) is 11.8 Å². The molecule has 3 rings (SSSR count). The van der Waals surface area contributed by atoms with E-state index in [0.717, 1.165) is 25.8 Å². The summed E-state index contributed by atoms with van der Waals surface area (Å²) in [7, 11) is -0.260. The van der Waals surface area contributed by atoms with Crippen molar-refractivity contribution in [3.63, 3.8) is 0 Å². The summed E-state index contributed by atoms with van der Waals surface area (Å²) in [6.45, 7) is 2.09. The highest BCUT2D eigenvalue weighted by atomic mass is 32.2. The normalized spacial score (nSPS) is 19.8. The second-order valence-electron chi connectivity index (χ2n) is 7.92. The second-order valence-corrected chi connectivity index (χ2v) is 9.60. The van der Waals surface area contributed by atoms with Crippen molar-refractivity contribution < 1.29 is 18.0 Å². The molecule has 1 aromatic carbocycles. The van der Waals surface area contributed by atoms with Crippen LogP contribution in [0.3, 0.4) is 0 Å². The molecule has 30 heavy (non-hydrogen) atoms. The zero-order valence-corrected chi connectivity index (χ0v) is 18.2. The van der Waals surface area contributed by atoms with Gasteiger partial charge in [0.1, 0.15) is 5.84 Å². The lowest BCUT2D eigenvalue weighted by Crippen LogP contribution is -2.45. The van der Waals surface area contributed by atoms with Crippen molar-refractivity contribution in [2.45, 2.75) is 30.6 Å². The van der Waals surface area contributed by atoms with Crippen molar-refractivity contribution in [1.82, 2.24) is 14.5 Å². The van der Waals surface area contributed by atoms with E-state index >= 15 is 0 Å². The Hall–Kier alpha value is -2.46. The van der Waals surface area contributed by atoms with Crippen LogP contribution in [0.1, 0.15) is 25.7 Å². The third-order valence-electron chi connectivity index (χ3n) is 5.22. The molecule has 10 heteroatoms. The van der Waals surface area contributed by atoms with Crippen molar-refractivity contribution in [3.8, 4) is 0 Å². The summed E-state index contributed by atoms with van der Waals surface area (Å²) in [6.07, 6.45) is 3.14. The van der Waals surface area contributed by atoms with E-state index in [0.29, 0.717) is 31.0 Å². The van der Waals surface area contributed by atoms with Crippen LogP contribution in [0.2, 0.25) is 0 Å². The van der Waals surface area contributed by atoms with Gasteiger partial charge in [-0.3, -0.25) is 24.2 Å². The number of carbonyl (C=O) groups excluding carboxylic acids is 2. The van der Waals surface area contributed by atoms with Gasteiger partial charge in [0, 0.05) is 39.3 Å². The monoisotopic (exact) mass is 435 g/mol. The second kappa shape index (κ2) is 9.57. The number of amidine groups is 1. The summed E-state index contributed by atoms with van der Waals surface area (Å²) in [6, 6.07) is 6.16. The van der Waals surface area contributed by atoms with Gasteiger partial charge < -0.3 is 10.2 Å². The number of anilines is 1. The van der Waals surface area contributed by atoms with Gasteiger partial charge in [0.05, 0.1) is 17.4 Å². The Labute approximate surface area is 177 Å². The average Bonchev–Trinajstić information content (AvgIpc) is 3.20. The summed E-state index contributed by atoms with van der Waals surface area (Å²) in [5.74, 6) is 0.212. The highest BCUT2D eigenvalue weighted by Crippen LogP contribution is 2.19. The number of hydrogen-bond donors (Lipinski definition) is 2. The van der Waals surface area contributed by atoms with Crippen LogP contribution < -0.4 is 10.0 Å². The van der Waals surface area contributed by atoms with E-state index in [4.69, 9.17) is 0 Å². The third-order valence-corrected chi connectivity index (χ3v) is 6.60. The van der Waals surface area contributed by atoms with Crippen LogP contribution in [0.15, 0.2) is 34.2 Å². The van der Waals surface area contributed by atoms with Crippen LogP contribution in [0.5, 0.6) is 0 Å². The molecule has 1 fully saturated rings. The molecule has 2 heterocycles. The Morgan fingerprint density at radius 1 is 1.27 bits per heavy atom. The van der Waals surface area contributed by atoms with Gasteiger partial charge in [0.15, 0.2) is 0 Å². The lowest BCUT2D eigenvalue weighted by molar-refractivity contribution is -0.135. The number of carbonyl (C=O) groups is 2. The molecular formula is C20H29N5O4S. The number of hydrogen-bond acceptors (Lipinski definition) is 6. The summed E-state index contributed by atoms with van der Waals surface area (Å²) in [5.41, 5.74) is 0.411. The fraction of sp³-hybridized carbons (Fsp3) is 0.550. The smallest absolute Gasteiger partial charge is 0.262 e. The number of amides is 2. The molecule has 164 valence electrons. The third kappa shape index (κ3) is 5.79. The Morgan fingerprint density at radius 3 is 2.77 bits per heavy atom. The molecule has 2 N–H and O–H groups in total. The Kier molecular flexibility index (Phi) is 7.09. The molecule has 0 spiro atoms. The van der Waals surface area contributed by atoms with Crippen LogP contribution in [0, 0.1) is 5.92 Å². The molecule has 2 aliphatic rings. The van der Waals surface area contributed by atoms with Gasteiger partial charge in [-0.25, -0.2) is 8.42 Å². The van der Waals surface area contributed by atoms with Crippen LogP contribution in [-0.2, 0) is 19.6 Å². The molecule has 2 amide bonds. The first-order chi connectivity index (χ1) is 14.2. The largest absolute Gasteiger partial charge is 0.349 e. The van der Waals surface area contributed by atoms with Gasteiger partial charge in [-0.15, -0.1) is 0 Å². The number of benzene rings is 1. The van der Waals surface area contributed by atoms with Crippen molar-refractivity contribution in [2.24, 2.45) is 10.9 Å². The lowest BCUT2D eigenvalue weighted by Gasteiger charge is -2.32. The van der Waals surface area contributed by atoms with Gasteiger partial charge in [-0.05, 0) is 44.0 Å². The van der Waals surface area contributed by atoms with Crippen molar-refractivity contribution in [1.29, 1.82) is 0 Å². The van der Waals surface area contributed by atoms with E-state index in [-0.39, 0.29) is 29.2 Å². The number of nitrogens with one attached hydrogen (secondary N) is 2. The molecule has 0 bridgehead atoms. The van der Waals surface area contributed by atoms with Crippen LogP contribution >= 0.6 is 0 Å².